The molecular weight excluding hydrogens is 400 g/mol. The van der Waals surface area contributed by atoms with Gasteiger partial charge in [-0.2, -0.15) is 0 Å². The van der Waals surface area contributed by atoms with Crippen molar-refractivity contribution < 1.29 is 19.1 Å². The molecule has 1 unspecified atom stereocenters. The first-order valence-corrected chi connectivity index (χ1v) is 10.6. The lowest BCUT2D eigenvalue weighted by Crippen LogP contribution is -2.52. The molecule has 0 aromatic heterocycles. The molecule has 0 saturated carbocycles. The van der Waals surface area contributed by atoms with Gasteiger partial charge in [-0.3, -0.25) is 9.59 Å². The van der Waals surface area contributed by atoms with Crippen molar-refractivity contribution in [2.45, 2.75) is 39.3 Å². The van der Waals surface area contributed by atoms with E-state index < -0.39 is 6.04 Å². The van der Waals surface area contributed by atoms with Crippen LogP contribution in [0.1, 0.15) is 33.3 Å². The van der Waals surface area contributed by atoms with Gasteiger partial charge in [0.25, 0.3) is 0 Å². The molecule has 0 spiro atoms. The summed E-state index contributed by atoms with van der Waals surface area (Å²) >= 11 is 7.81. The van der Waals surface area contributed by atoms with Crippen LogP contribution in [0.15, 0.2) is 18.2 Å². The van der Waals surface area contributed by atoms with Crippen LogP contribution in [0.4, 0.5) is 0 Å². The molecule has 154 valence electrons. The third-order valence-electron chi connectivity index (χ3n) is 3.92. The average molecular weight is 427 g/mol. The normalized spacial score (nSPS) is 17.1. The summed E-state index contributed by atoms with van der Waals surface area (Å²) in [4.78, 5) is 26.7. The Bertz CT molecular complexity index is 761. The standard InChI is InChI=1S/C20H27ClN2O4S/c1-6-27-16-10-13(9-14(21)18(16)26-5)7-8-17(24)23-12-28-11-15(23)19(25)22-20(2,3)4/h7-10,15H,6,11-12H2,1-5H3,(H,22,25)/b8-7+. The summed E-state index contributed by atoms with van der Waals surface area (Å²) in [5.41, 5.74) is 0.370. The van der Waals surface area contributed by atoms with Gasteiger partial charge in [0.1, 0.15) is 6.04 Å². The number of hydrogen-bond donors (Lipinski definition) is 1. The molecule has 1 atom stereocenters. The van der Waals surface area contributed by atoms with E-state index in [0.29, 0.717) is 40.3 Å². The van der Waals surface area contributed by atoms with Crippen molar-refractivity contribution in [1.82, 2.24) is 10.2 Å². The van der Waals surface area contributed by atoms with E-state index in [1.165, 1.54) is 13.2 Å². The van der Waals surface area contributed by atoms with Crippen LogP contribution in [0, 0.1) is 0 Å². The van der Waals surface area contributed by atoms with Gasteiger partial charge >= 0.3 is 0 Å². The molecule has 1 aliphatic rings. The van der Waals surface area contributed by atoms with Crippen molar-refractivity contribution in [3.8, 4) is 11.5 Å². The second kappa shape index (κ2) is 9.56. The van der Waals surface area contributed by atoms with Gasteiger partial charge in [-0.15, -0.1) is 11.8 Å². The molecule has 28 heavy (non-hydrogen) atoms. The molecule has 0 bridgehead atoms. The van der Waals surface area contributed by atoms with Crippen molar-refractivity contribution in [3.05, 3.63) is 28.8 Å². The number of thioether (sulfide) groups is 1. The Labute approximate surface area is 175 Å². The highest BCUT2D eigenvalue weighted by Gasteiger charge is 2.35. The number of rotatable bonds is 6. The van der Waals surface area contributed by atoms with E-state index in [4.69, 9.17) is 21.1 Å². The minimum absolute atomic E-state index is 0.134. The van der Waals surface area contributed by atoms with Crippen molar-refractivity contribution in [2.75, 3.05) is 25.3 Å². The second-order valence-electron chi connectivity index (χ2n) is 7.36. The molecule has 1 heterocycles. The van der Waals surface area contributed by atoms with Crippen LogP contribution in [-0.4, -0.2) is 53.6 Å². The van der Waals surface area contributed by atoms with Crippen LogP contribution in [0.5, 0.6) is 11.5 Å². The molecule has 1 aromatic rings. The van der Waals surface area contributed by atoms with E-state index in [1.807, 2.05) is 27.7 Å². The van der Waals surface area contributed by atoms with Crippen LogP contribution in [-0.2, 0) is 9.59 Å². The summed E-state index contributed by atoms with van der Waals surface area (Å²) in [6, 6.07) is 3.00. The third-order valence-corrected chi connectivity index (χ3v) is 5.21. The van der Waals surface area contributed by atoms with Gasteiger partial charge in [-0.05, 0) is 51.5 Å². The maximum Gasteiger partial charge on any atom is 0.247 e. The van der Waals surface area contributed by atoms with Gasteiger partial charge in [0, 0.05) is 17.4 Å². The summed E-state index contributed by atoms with van der Waals surface area (Å²) in [5, 5.41) is 3.35. The number of carbonyl (C=O) groups excluding carboxylic acids is 2. The number of ether oxygens (including phenoxy) is 2. The molecule has 6 nitrogen and oxygen atoms in total. The van der Waals surface area contributed by atoms with Crippen molar-refractivity contribution in [1.29, 1.82) is 0 Å². The number of hydrogen-bond acceptors (Lipinski definition) is 5. The van der Waals surface area contributed by atoms with Crippen LogP contribution >= 0.6 is 23.4 Å². The Morgan fingerprint density at radius 3 is 2.71 bits per heavy atom. The largest absolute Gasteiger partial charge is 0.491 e. The monoisotopic (exact) mass is 426 g/mol. The number of amides is 2. The minimum Gasteiger partial charge on any atom is -0.491 e. The van der Waals surface area contributed by atoms with E-state index in [0.717, 1.165) is 0 Å². The molecule has 1 fully saturated rings. The van der Waals surface area contributed by atoms with Gasteiger partial charge in [0.2, 0.25) is 11.8 Å². The quantitative estimate of drug-likeness (QED) is 0.704. The molecule has 1 aliphatic heterocycles. The first-order valence-electron chi connectivity index (χ1n) is 9.05. The Morgan fingerprint density at radius 1 is 1.39 bits per heavy atom. The fraction of sp³-hybridized carbons (Fsp3) is 0.500. The lowest BCUT2D eigenvalue weighted by Gasteiger charge is -2.27. The number of nitrogens with zero attached hydrogens (tertiary/aromatic N) is 1. The van der Waals surface area contributed by atoms with Crippen LogP contribution < -0.4 is 14.8 Å². The van der Waals surface area contributed by atoms with Crippen LogP contribution in [0.25, 0.3) is 6.08 Å². The lowest BCUT2D eigenvalue weighted by molar-refractivity contribution is -0.135. The zero-order valence-electron chi connectivity index (χ0n) is 16.9. The Hall–Kier alpha value is -1.86. The van der Waals surface area contributed by atoms with Crippen LogP contribution in [0.3, 0.4) is 0 Å². The van der Waals surface area contributed by atoms with Gasteiger partial charge < -0.3 is 19.7 Å². The smallest absolute Gasteiger partial charge is 0.247 e. The third kappa shape index (κ3) is 5.82. The predicted octanol–water partition coefficient (Wildman–Crippen LogP) is 3.58. The van der Waals surface area contributed by atoms with E-state index >= 15 is 0 Å². The van der Waals surface area contributed by atoms with Crippen LogP contribution in [0.2, 0.25) is 5.02 Å². The first kappa shape index (κ1) is 22.4. The van der Waals surface area contributed by atoms with Gasteiger partial charge in [0.05, 0.1) is 24.6 Å². The molecule has 1 saturated heterocycles. The number of carbonyl (C=O) groups is 2. The summed E-state index contributed by atoms with van der Waals surface area (Å²) in [6.45, 7) is 8.09. The summed E-state index contributed by atoms with van der Waals surface area (Å²) in [6.07, 6.45) is 3.12. The van der Waals surface area contributed by atoms with Gasteiger partial charge in [-0.25, -0.2) is 0 Å². The number of benzene rings is 1. The topological polar surface area (TPSA) is 67.9 Å². The van der Waals surface area contributed by atoms with Gasteiger partial charge in [0.15, 0.2) is 11.5 Å². The fourth-order valence-corrected chi connectivity index (χ4v) is 4.20. The highest BCUT2D eigenvalue weighted by atomic mass is 35.5. The SMILES string of the molecule is CCOc1cc(/C=C/C(=O)N2CSCC2C(=O)NC(C)(C)C)cc(Cl)c1OC. The molecule has 1 aromatic carbocycles. The van der Waals surface area contributed by atoms with Crippen molar-refractivity contribution in [2.24, 2.45) is 0 Å². The molecule has 1 N–H and O–H groups in total. The molecule has 2 amide bonds. The maximum atomic E-state index is 12.7. The number of methoxy groups -OCH3 is 1. The predicted molar refractivity (Wildman–Crippen MR) is 114 cm³/mol. The summed E-state index contributed by atoms with van der Waals surface area (Å²) < 4.78 is 10.8. The van der Waals surface area contributed by atoms with Crippen molar-refractivity contribution in [3.63, 3.8) is 0 Å². The first-order chi connectivity index (χ1) is 13.2. The highest BCUT2D eigenvalue weighted by molar-refractivity contribution is 7.99. The Kier molecular flexibility index (Phi) is 7.66. The minimum atomic E-state index is -0.472. The number of nitrogens with one attached hydrogen (secondary N) is 1. The second-order valence-corrected chi connectivity index (χ2v) is 8.77. The average Bonchev–Trinajstić information content (AvgIpc) is 3.08. The zero-order valence-corrected chi connectivity index (χ0v) is 18.4. The lowest BCUT2D eigenvalue weighted by atomic mass is 10.1. The van der Waals surface area contributed by atoms with E-state index in [2.05, 4.69) is 5.32 Å². The maximum absolute atomic E-state index is 12.7. The molecule has 8 heteroatoms. The Balaban J connectivity index is 2.15. The van der Waals surface area contributed by atoms with E-state index in [9.17, 15) is 9.59 Å². The van der Waals surface area contributed by atoms with Crippen molar-refractivity contribution >= 4 is 41.3 Å². The summed E-state index contributed by atoms with van der Waals surface area (Å²) in [7, 11) is 1.52. The highest BCUT2D eigenvalue weighted by Crippen LogP contribution is 2.36. The molecular formula is C20H27ClN2O4S. The van der Waals surface area contributed by atoms with E-state index in [1.54, 1.807) is 34.9 Å². The van der Waals surface area contributed by atoms with E-state index in [-0.39, 0.29) is 17.4 Å². The van der Waals surface area contributed by atoms with Gasteiger partial charge in [-0.1, -0.05) is 11.6 Å². The fourth-order valence-electron chi connectivity index (χ4n) is 2.74. The number of halogens is 1. The summed E-state index contributed by atoms with van der Waals surface area (Å²) in [5.74, 6) is 1.70. The Morgan fingerprint density at radius 2 is 2.11 bits per heavy atom. The molecule has 2 rings (SSSR count). The molecule has 0 aliphatic carbocycles. The molecule has 0 radical (unpaired) electrons. The zero-order chi connectivity index (χ0) is 20.9.